The summed E-state index contributed by atoms with van der Waals surface area (Å²) in [4.78, 5) is 16.6. The lowest BCUT2D eigenvalue weighted by Crippen LogP contribution is -2.50. The lowest BCUT2D eigenvalue weighted by molar-refractivity contribution is 0.1000. The van der Waals surface area contributed by atoms with Crippen LogP contribution < -0.4 is 11.1 Å². The fourth-order valence-corrected chi connectivity index (χ4v) is 2.13. The number of piperazine rings is 1. The summed E-state index contributed by atoms with van der Waals surface area (Å²) in [5.74, 6) is -0.442. The molecule has 1 amide bonds. The molecule has 1 aliphatic heterocycles. The lowest BCUT2D eigenvalue weighted by atomic mass is 10.1. The van der Waals surface area contributed by atoms with Crippen molar-refractivity contribution in [3.8, 4) is 0 Å². The zero-order valence-electron chi connectivity index (χ0n) is 11.8. The number of nitrogens with two attached hydrogens (primary N) is 1. The van der Waals surface area contributed by atoms with Crippen molar-refractivity contribution < 1.29 is 4.79 Å². The first-order chi connectivity index (χ1) is 9.19. The second-order valence-electron chi connectivity index (χ2n) is 4.50. The lowest BCUT2D eigenvalue weighted by Gasteiger charge is -2.34. The number of aromatic nitrogens is 1. The SMILES string of the molecule is CCC1CNCCN1CC.NC(=O)c1cccnc1. The van der Waals surface area contributed by atoms with Crippen molar-refractivity contribution >= 4 is 5.91 Å². The van der Waals surface area contributed by atoms with Gasteiger partial charge in [-0.3, -0.25) is 14.7 Å². The second-order valence-corrected chi connectivity index (χ2v) is 4.50. The molecule has 106 valence electrons. The van der Waals surface area contributed by atoms with Crippen molar-refractivity contribution in [3.63, 3.8) is 0 Å². The smallest absolute Gasteiger partial charge is 0.250 e. The molecule has 0 radical (unpaired) electrons. The van der Waals surface area contributed by atoms with Crippen LogP contribution in [-0.2, 0) is 0 Å². The van der Waals surface area contributed by atoms with Crippen molar-refractivity contribution in [3.05, 3.63) is 30.1 Å². The number of rotatable bonds is 3. The topological polar surface area (TPSA) is 71.2 Å². The van der Waals surface area contributed by atoms with Crippen LogP contribution in [0.3, 0.4) is 0 Å². The van der Waals surface area contributed by atoms with E-state index in [2.05, 4.69) is 29.0 Å². The van der Waals surface area contributed by atoms with Crippen LogP contribution in [0.2, 0.25) is 0 Å². The van der Waals surface area contributed by atoms with E-state index in [0.29, 0.717) is 5.56 Å². The zero-order valence-corrected chi connectivity index (χ0v) is 11.8. The maximum atomic E-state index is 10.4. The average molecular weight is 264 g/mol. The van der Waals surface area contributed by atoms with Crippen LogP contribution in [0.4, 0.5) is 0 Å². The van der Waals surface area contributed by atoms with Gasteiger partial charge in [0.25, 0.3) is 0 Å². The van der Waals surface area contributed by atoms with Gasteiger partial charge < -0.3 is 11.1 Å². The number of likely N-dealkylation sites (N-methyl/N-ethyl adjacent to an activating group) is 1. The number of carbonyl (C=O) groups is 1. The molecule has 0 spiro atoms. The van der Waals surface area contributed by atoms with E-state index in [9.17, 15) is 4.79 Å². The number of amides is 1. The number of nitrogens with zero attached hydrogens (tertiary/aromatic N) is 2. The molecular weight excluding hydrogens is 240 g/mol. The molecular formula is C14H24N4O. The molecule has 1 aliphatic rings. The summed E-state index contributed by atoms with van der Waals surface area (Å²) in [5, 5.41) is 3.41. The molecule has 1 aromatic rings. The van der Waals surface area contributed by atoms with E-state index < -0.39 is 5.91 Å². The standard InChI is InChI=1S/C8H18N2.C6H6N2O/c1-3-8-7-9-5-6-10(8)4-2;7-6(9)5-2-1-3-8-4-5/h8-9H,3-7H2,1-2H3;1-4H,(H2,7,9). The highest BCUT2D eigenvalue weighted by atomic mass is 16.1. The predicted molar refractivity (Wildman–Crippen MR) is 77.0 cm³/mol. The van der Waals surface area contributed by atoms with Gasteiger partial charge in [-0.2, -0.15) is 0 Å². The van der Waals surface area contributed by atoms with Crippen LogP contribution in [0.1, 0.15) is 30.6 Å². The molecule has 1 unspecified atom stereocenters. The Labute approximate surface area is 115 Å². The number of pyridine rings is 1. The summed E-state index contributed by atoms with van der Waals surface area (Å²) in [6.07, 6.45) is 4.30. The molecule has 1 saturated heterocycles. The highest BCUT2D eigenvalue weighted by molar-refractivity contribution is 5.92. The number of primary amides is 1. The molecule has 1 aromatic heterocycles. The fraction of sp³-hybridized carbons (Fsp3) is 0.571. The largest absolute Gasteiger partial charge is 0.366 e. The van der Waals surface area contributed by atoms with Gasteiger partial charge in [0.1, 0.15) is 0 Å². The minimum Gasteiger partial charge on any atom is -0.366 e. The number of carbonyl (C=O) groups excluding carboxylic acids is 1. The first-order valence-corrected chi connectivity index (χ1v) is 6.83. The van der Waals surface area contributed by atoms with Crippen LogP contribution in [0.5, 0.6) is 0 Å². The molecule has 5 nitrogen and oxygen atoms in total. The summed E-state index contributed by atoms with van der Waals surface area (Å²) in [5.41, 5.74) is 5.38. The molecule has 1 fully saturated rings. The molecule has 1 atom stereocenters. The quantitative estimate of drug-likeness (QED) is 0.850. The van der Waals surface area contributed by atoms with Gasteiger partial charge in [-0.15, -0.1) is 0 Å². The molecule has 0 bridgehead atoms. The Bertz CT molecular complexity index is 357. The third-order valence-electron chi connectivity index (χ3n) is 3.30. The van der Waals surface area contributed by atoms with Crippen LogP contribution in [-0.4, -0.2) is 48.0 Å². The van der Waals surface area contributed by atoms with Gasteiger partial charge in [-0.1, -0.05) is 13.8 Å². The molecule has 3 N–H and O–H groups in total. The van der Waals surface area contributed by atoms with E-state index in [-0.39, 0.29) is 0 Å². The summed E-state index contributed by atoms with van der Waals surface area (Å²) in [7, 11) is 0. The Kier molecular flexibility index (Phi) is 7.07. The van der Waals surface area contributed by atoms with Gasteiger partial charge >= 0.3 is 0 Å². The van der Waals surface area contributed by atoms with E-state index in [0.717, 1.165) is 6.04 Å². The van der Waals surface area contributed by atoms with Crippen LogP contribution in [0, 0.1) is 0 Å². The third-order valence-corrected chi connectivity index (χ3v) is 3.30. The second kappa shape index (κ2) is 8.61. The van der Waals surface area contributed by atoms with E-state index >= 15 is 0 Å². The van der Waals surface area contributed by atoms with Gasteiger partial charge in [0.05, 0.1) is 5.56 Å². The van der Waals surface area contributed by atoms with Gasteiger partial charge in [0, 0.05) is 38.1 Å². The fourth-order valence-electron chi connectivity index (χ4n) is 2.13. The van der Waals surface area contributed by atoms with Crippen molar-refractivity contribution in [1.82, 2.24) is 15.2 Å². The van der Waals surface area contributed by atoms with E-state index in [4.69, 9.17) is 5.73 Å². The van der Waals surface area contributed by atoms with E-state index in [1.807, 2.05) is 0 Å². The number of hydrogen-bond donors (Lipinski definition) is 2. The van der Waals surface area contributed by atoms with E-state index in [1.165, 1.54) is 38.8 Å². The first kappa shape index (κ1) is 15.6. The molecule has 2 rings (SSSR count). The number of hydrogen-bond acceptors (Lipinski definition) is 4. The molecule has 0 aromatic carbocycles. The minimum atomic E-state index is -0.442. The van der Waals surface area contributed by atoms with Gasteiger partial charge in [0.15, 0.2) is 0 Å². The van der Waals surface area contributed by atoms with Crippen molar-refractivity contribution in [2.45, 2.75) is 26.3 Å². The van der Waals surface area contributed by atoms with Crippen molar-refractivity contribution in [2.24, 2.45) is 5.73 Å². The Morgan fingerprint density at radius 1 is 1.58 bits per heavy atom. The first-order valence-electron chi connectivity index (χ1n) is 6.83. The maximum absolute atomic E-state index is 10.4. The molecule has 5 heteroatoms. The molecule has 0 saturated carbocycles. The zero-order chi connectivity index (χ0) is 14.1. The molecule has 19 heavy (non-hydrogen) atoms. The maximum Gasteiger partial charge on any atom is 0.250 e. The highest BCUT2D eigenvalue weighted by Crippen LogP contribution is 2.05. The average Bonchev–Trinajstić information content (AvgIpc) is 2.48. The Hall–Kier alpha value is -1.46. The van der Waals surface area contributed by atoms with Gasteiger partial charge in [0.2, 0.25) is 5.91 Å². The normalized spacial score (nSPS) is 19.4. The molecule has 2 heterocycles. The third kappa shape index (κ3) is 5.36. The van der Waals surface area contributed by atoms with Gasteiger partial charge in [-0.05, 0) is 25.1 Å². The highest BCUT2D eigenvalue weighted by Gasteiger charge is 2.17. The monoisotopic (exact) mass is 264 g/mol. The van der Waals surface area contributed by atoms with E-state index in [1.54, 1.807) is 18.3 Å². The Morgan fingerprint density at radius 2 is 2.37 bits per heavy atom. The van der Waals surface area contributed by atoms with Gasteiger partial charge in [-0.25, -0.2) is 0 Å². The Balaban J connectivity index is 0.000000191. The minimum absolute atomic E-state index is 0.442. The predicted octanol–water partition coefficient (Wildman–Crippen LogP) is 0.871. The van der Waals surface area contributed by atoms with Crippen molar-refractivity contribution in [1.29, 1.82) is 0 Å². The summed E-state index contributed by atoms with van der Waals surface area (Å²) >= 11 is 0. The van der Waals surface area contributed by atoms with Crippen LogP contribution in [0.15, 0.2) is 24.5 Å². The number of nitrogens with one attached hydrogen (secondary N) is 1. The Morgan fingerprint density at radius 3 is 2.79 bits per heavy atom. The van der Waals surface area contributed by atoms with Crippen LogP contribution >= 0.6 is 0 Å². The van der Waals surface area contributed by atoms with Crippen molar-refractivity contribution in [2.75, 3.05) is 26.2 Å². The molecule has 0 aliphatic carbocycles. The summed E-state index contributed by atoms with van der Waals surface area (Å²) in [6.45, 7) is 9.30. The summed E-state index contributed by atoms with van der Waals surface area (Å²) in [6, 6.07) is 4.08. The summed E-state index contributed by atoms with van der Waals surface area (Å²) < 4.78 is 0. The van der Waals surface area contributed by atoms with Crippen LogP contribution in [0.25, 0.3) is 0 Å².